The van der Waals surface area contributed by atoms with Crippen molar-refractivity contribution in [3.8, 4) is 0 Å². The second-order valence-electron chi connectivity index (χ2n) is 6.30. The molecule has 0 aliphatic carbocycles. The highest BCUT2D eigenvalue weighted by atomic mass is 32.2. The Kier molecular flexibility index (Phi) is 6.97. The van der Waals surface area contributed by atoms with Crippen molar-refractivity contribution in [1.29, 1.82) is 0 Å². The first-order valence-electron chi connectivity index (χ1n) is 8.31. The number of rotatable bonds is 6. The number of nitrogens with zero attached hydrogens (tertiary/aromatic N) is 1. The summed E-state index contributed by atoms with van der Waals surface area (Å²) in [5.74, 6) is -1.56. The standard InChI is InChI=1S/C17H15F6N3O4S/c18-16(19,20)11-7-25-13(15(28)26-8-12(27)17(21,22)23)14(31(24,29)30)10(11)6-9-4-2-1-3-5-9/h1-5,7,12,27H,6,8H2,(H,26,28)(H2,24,29,30). The minimum Gasteiger partial charge on any atom is -0.382 e. The maximum absolute atomic E-state index is 13.5. The molecule has 0 fully saturated rings. The number of nitrogens with one attached hydrogen (secondary N) is 1. The largest absolute Gasteiger partial charge is 0.418 e. The van der Waals surface area contributed by atoms with Gasteiger partial charge in [-0.15, -0.1) is 0 Å². The lowest BCUT2D eigenvalue weighted by molar-refractivity contribution is -0.201. The van der Waals surface area contributed by atoms with E-state index >= 15 is 0 Å². The van der Waals surface area contributed by atoms with Crippen LogP contribution in [0.15, 0.2) is 41.4 Å². The molecule has 0 saturated heterocycles. The second kappa shape index (κ2) is 8.80. The summed E-state index contributed by atoms with van der Waals surface area (Å²) in [6.07, 6.45) is -13.6. The van der Waals surface area contributed by atoms with Crippen LogP contribution in [0, 0.1) is 0 Å². The fourth-order valence-electron chi connectivity index (χ4n) is 2.61. The Labute approximate surface area is 171 Å². The molecular formula is C17H15F6N3O4S. The number of amides is 1. The number of carbonyl (C=O) groups excluding carboxylic acids is 1. The zero-order valence-corrected chi connectivity index (χ0v) is 16.1. The third-order valence-electron chi connectivity index (χ3n) is 4.00. The predicted molar refractivity (Wildman–Crippen MR) is 94.3 cm³/mol. The predicted octanol–water partition coefficient (Wildman–Crippen LogP) is 1.99. The summed E-state index contributed by atoms with van der Waals surface area (Å²) in [6, 6.07) is 7.31. The van der Waals surface area contributed by atoms with Crippen LogP contribution in [0.3, 0.4) is 0 Å². The highest BCUT2D eigenvalue weighted by molar-refractivity contribution is 7.89. The van der Waals surface area contributed by atoms with Crippen LogP contribution in [0.2, 0.25) is 0 Å². The van der Waals surface area contributed by atoms with Crippen LogP contribution in [-0.4, -0.2) is 43.2 Å². The van der Waals surface area contributed by atoms with Gasteiger partial charge in [0.2, 0.25) is 10.0 Å². The topological polar surface area (TPSA) is 122 Å². The van der Waals surface area contributed by atoms with Gasteiger partial charge in [-0.3, -0.25) is 4.79 Å². The number of benzene rings is 1. The molecule has 2 rings (SSSR count). The second-order valence-corrected chi connectivity index (χ2v) is 7.80. The van der Waals surface area contributed by atoms with E-state index in [0.717, 1.165) is 0 Å². The molecule has 0 bridgehead atoms. The fourth-order valence-corrected chi connectivity index (χ4v) is 3.55. The average molecular weight is 471 g/mol. The van der Waals surface area contributed by atoms with Gasteiger partial charge in [0, 0.05) is 6.20 Å². The molecule has 0 aliphatic rings. The number of hydrogen-bond acceptors (Lipinski definition) is 5. The summed E-state index contributed by atoms with van der Waals surface area (Å²) in [6.45, 7) is -1.39. The molecule has 1 atom stereocenters. The lowest BCUT2D eigenvalue weighted by Crippen LogP contribution is -2.41. The number of halogens is 6. The van der Waals surface area contributed by atoms with Gasteiger partial charge >= 0.3 is 12.4 Å². The molecule has 1 heterocycles. The van der Waals surface area contributed by atoms with Crippen LogP contribution in [-0.2, 0) is 22.6 Å². The highest BCUT2D eigenvalue weighted by Crippen LogP contribution is 2.36. The smallest absolute Gasteiger partial charge is 0.382 e. The fraction of sp³-hybridized carbons (Fsp3) is 0.294. The number of pyridine rings is 1. The van der Waals surface area contributed by atoms with Crippen molar-refractivity contribution in [2.24, 2.45) is 5.14 Å². The van der Waals surface area contributed by atoms with Crippen LogP contribution in [0.1, 0.15) is 27.2 Å². The molecule has 0 radical (unpaired) electrons. The number of aliphatic hydroxyl groups is 1. The summed E-state index contributed by atoms with van der Waals surface area (Å²) in [7, 11) is -4.99. The minimum absolute atomic E-state index is 0.196. The van der Waals surface area contributed by atoms with Crippen molar-refractivity contribution in [1.82, 2.24) is 10.3 Å². The molecule has 0 aliphatic heterocycles. The van der Waals surface area contributed by atoms with Gasteiger partial charge in [-0.05, 0) is 17.5 Å². The van der Waals surface area contributed by atoms with Gasteiger partial charge < -0.3 is 10.4 Å². The van der Waals surface area contributed by atoms with Crippen molar-refractivity contribution in [3.05, 3.63) is 58.9 Å². The SMILES string of the molecule is NS(=O)(=O)c1c(C(=O)NCC(O)C(F)(F)F)ncc(C(F)(F)F)c1Cc1ccccc1. The van der Waals surface area contributed by atoms with Crippen LogP contribution in [0.4, 0.5) is 26.3 Å². The van der Waals surface area contributed by atoms with Gasteiger partial charge in [-0.25, -0.2) is 18.5 Å². The van der Waals surface area contributed by atoms with Gasteiger partial charge in [0.25, 0.3) is 5.91 Å². The van der Waals surface area contributed by atoms with Gasteiger partial charge in [-0.2, -0.15) is 26.3 Å². The van der Waals surface area contributed by atoms with Crippen molar-refractivity contribution in [3.63, 3.8) is 0 Å². The van der Waals surface area contributed by atoms with Crippen LogP contribution in [0.5, 0.6) is 0 Å². The summed E-state index contributed by atoms with van der Waals surface area (Å²) >= 11 is 0. The number of sulfonamides is 1. The first-order chi connectivity index (χ1) is 14.1. The summed E-state index contributed by atoms with van der Waals surface area (Å²) in [4.78, 5) is 14.2. The van der Waals surface area contributed by atoms with Gasteiger partial charge in [-0.1, -0.05) is 30.3 Å². The molecule has 31 heavy (non-hydrogen) atoms. The highest BCUT2D eigenvalue weighted by Gasteiger charge is 2.40. The third-order valence-corrected chi connectivity index (χ3v) is 5.01. The average Bonchev–Trinajstić information content (AvgIpc) is 2.63. The van der Waals surface area contributed by atoms with E-state index in [1.165, 1.54) is 24.3 Å². The summed E-state index contributed by atoms with van der Waals surface area (Å²) in [5.41, 5.74) is -3.26. The molecule has 1 aromatic heterocycles. The van der Waals surface area contributed by atoms with Crippen LogP contribution in [0.25, 0.3) is 0 Å². The molecule has 2 aromatic rings. The van der Waals surface area contributed by atoms with E-state index in [1.807, 2.05) is 0 Å². The Morgan fingerprint density at radius 1 is 1.13 bits per heavy atom. The van der Waals surface area contributed by atoms with E-state index in [1.54, 1.807) is 11.4 Å². The Morgan fingerprint density at radius 2 is 1.71 bits per heavy atom. The van der Waals surface area contributed by atoms with E-state index in [-0.39, 0.29) is 11.8 Å². The summed E-state index contributed by atoms with van der Waals surface area (Å²) < 4.78 is 102. The number of alkyl halides is 6. The number of carbonyl (C=O) groups is 1. The third kappa shape index (κ3) is 6.15. The number of hydrogen-bond donors (Lipinski definition) is 3. The lowest BCUT2D eigenvalue weighted by Gasteiger charge is -2.19. The maximum atomic E-state index is 13.5. The molecular weight excluding hydrogens is 456 g/mol. The lowest BCUT2D eigenvalue weighted by atomic mass is 9.99. The summed E-state index contributed by atoms with van der Waals surface area (Å²) in [5, 5.41) is 15.6. The van der Waals surface area contributed by atoms with E-state index in [0.29, 0.717) is 0 Å². The van der Waals surface area contributed by atoms with Crippen molar-refractivity contribution >= 4 is 15.9 Å². The normalized spacial score (nSPS) is 13.7. The zero-order chi connectivity index (χ0) is 23.6. The molecule has 1 amide bonds. The monoisotopic (exact) mass is 471 g/mol. The van der Waals surface area contributed by atoms with E-state index in [2.05, 4.69) is 4.98 Å². The number of aliphatic hydroxyl groups excluding tert-OH is 1. The van der Waals surface area contributed by atoms with Crippen molar-refractivity contribution in [2.75, 3.05) is 6.54 Å². The molecule has 170 valence electrons. The van der Waals surface area contributed by atoms with Gasteiger partial charge in [0.15, 0.2) is 6.10 Å². The first kappa shape index (κ1) is 24.6. The molecule has 14 heteroatoms. The maximum Gasteiger partial charge on any atom is 0.418 e. The first-order valence-corrected chi connectivity index (χ1v) is 9.85. The Bertz CT molecular complexity index is 1060. The number of primary sulfonamides is 1. The Balaban J connectivity index is 2.62. The van der Waals surface area contributed by atoms with Crippen LogP contribution < -0.4 is 10.5 Å². The Hall–Kier alpha value is -2.71. The molecule has 0 saturated carbocycles. The van der Waals surface area contributed by atoms with Crippen LogP contribution >= 0.6 is 0 Å². The molecule has 1 unspecified atom stereocenters. The van der Waals surface area contributed by atoms with E-state index in [9.17, 15) is 39.6 Å². The quantitative estimate of drug-likeness (QED) is 0.557. The minimum atomic E-state index is -5.10. The van der Waals surface area contributed by atoms with E-state index < -0.39 is 69.1 Å². The zero-order valence-electron chi connectivity index (χ0n) is 15.3. The number of aromatic nitrogens is 1. The van der Waals surface area contributed by atoms with Gasteiger partial charge in [0.05, 0.1) is 12.1 Å². The molecule has 1 aromatic carbocycles. The van der Waals surface area contributed by atoms with Crippen molar-refractivity contribution in [2.45, 2.75) is 29.8 Å². The number of nitrogens with two attached hydrogens (primary N) is 1. The van der Waals surface area contributed by atoms with Gasteiger partial charge in [0.1, 0.15) is 10.6 Å². The van der Waals surface area contributed by atoms with E-state index in [4.69, 9.17) is 10.2 Å². The molecule has 0 spiro atoms. The molecule has 7 nitrogen and oxygen atoms in total. The Morgan fingerprint density at radius 3 is 2.19 bits per heavy atom. The molecule has 4 N–H and O–H groups in total. The van der Waals surface area contributed by atoms with Crippen molar-refractivity contribution < 1.29 is 44.7 Å².